The summed E-state index contributed by atoms with van der Waals surface area (Å²) >= 11 is 0. The molecule has 2 aromatic heterocycles. The van der Waals surface area contributed by atoms with Crippen LogP contribution in [0, 0.1) is 0 Å². The number of hydrogen-bond donors (Lipinski definition) is 1. The Morgan fingerprint density at radius 3 is 2.45 bits per heavy atom. The minimum Gasteiger partial charge on any atom is -0.275 e. The van der Waals surface area contributed by atoms with E-state index in [2.05, 4.69) is 20.4 Å². The first-order chi connectivity index (χ1) is 9.57. The standard InChI is InChI=1S/C11H8ClN5O2S/c12-20(18,19)11-16-15-10(9-6-7-13-14-9)17(11)8-4-2-1-3-5-8/h1-7H,(H,13,14). The first-order valence-electron chi connectivity index (χ1n) is 5.52. The van der Waals surface area contributed by atoms with Crippen LogP contribution in [0.3, 0.4) is 0 Å². The van der Waals surface area contributed by atoms with Crippen LogP contribution < -0.4 is 0 Å². The maximum atomic E-state index is 11.6. The number of aromatic nitrogens is 5. The molecule has 1 N–H and O–H groups in total. The van der Waals surface area contributed by atoms with Crippen LogP contribution in [0.4, 0.5) is 0 Å². The summed E-state index contributed by atoms with van der Waals surface area (Å²) in [4.78, 5) is 0. The number of H-pyrrole nitrogens is 1. The third-order valence-electron chi connectivity index (χ3n) is 2.61. The number of benzene rings is 1. The van der Waals surface area contributed by atoms with Crippen LogP contribution in [0.2, 0.25) is 0 Å². The minimum atomic E-state index is -4.02. The SMILES string of the molecule is O=S(=O)(Cl)c1nnc(-c2ccn[nH]2)n1-c1ccccc1. The highest BCUT2D eigenvalue weighted by Crippen LogP contribution is 2.24. The minimum absolute atomic E-state index is 0.313. The maximum Gasteiger partial charge on any atom is 0.297 e. The quantitative estimate of drug-likeness (QED) is 0.741. The Balaban J connectivity index is 2.31. The molecular formula is C11H8ClN5O2S. The summed E-state index contributed by atoms with van der Waals surface area (Å²) in [6.45, 7) is 0. The topological polar surface area (TPSA) is 93.5 Å². The van der Waals surface area contributed by atoms with E-state index in [9.17, 15) is 8.42 Å². The monoisotopic (exact) mass is 309 g/mol. The molecule has 0 fully saturated rings. The third-order valence-corrected chi connectivity index (χ3v) is 3.72. The van der Waals surface area contributed by atoms with Gasteiger partial charge < -0.3 is 0 Å². The smallest absolute Gasteiger partial charge is 0.275 e. The average Bonchev–Trinajstić information content (AvgIpc) is 3.07. The van der Waals surface area contributed by atoms with Gasteiger partial charge in [-0.2, -0.15) is 5.10 Å². The van der Waals surface area contributed by atoms with Crippen molar-refractivity contribution in [2.75, 3.05) is 0 Å². The number of hydrogen-bond acceptors (Lipinski definition) is 5. The lowest BCUT2D eigenvalue weighted by Crippen LogP contribution is -2.05. The summed E-state index contributed by atoms with van der Waals surface area (Å²) < 4.78 is 24.6. The van der Waals surface area contributed by atoms with Gasteiger partial charge in [-0.3, -0.25) is 9.67 Å². The van der Waals surface area contributed by atoms with E-state index in [1.807, 2.05) is 6.07 Å². The molecule has 0 bridgehead atoms. The van der Waals surface area contributed by atoms with Crippen molar-refractivity contribution in [2.24, 2.45) is 0 Å². The number of rotatable bonds is 3. The van der Waals surface area contributed by atoms with E-state index >= 15 is 0 Å². The van der Waals surface area contributed by atoms with Crippen molar-refractivity contribution in [3.63, 3.8) is 0 Å². The maximum absolute atomic E-state index is 11.6. The molecule has 3 aromatic rings. The van der Waals surface area contributed by atoms with E-state index < -0.39 is 9.05 Å². The molecule has 7 nitrogen and oxygen atoms in total. The first kappa shape index (κ1) is 12.8. The summed E-state index contributed by atoms with van der Waals surface area (Å²) in [7, 11) is 1.39. The molecular weight excluding hydrogens is 302 g/mol. The highest BCUT2D eigenvalue weighted by atomic mass is 35.7. The number of aromatic amines is 1. The molecule has 0 aliphatic heterocycles. The average molecular weight is 310 g/mol. The molecule has 0 unspecified atom stereocenters. The Morgan fingerprint density at radius 1 is 1.10 bits per heavy atom. The predicted molar refractivity (Wildman–Crippen MR) is 72.0 cm³/mol. The number of nitrogens with zero attached hydrogens (tertiary/aromatic N) is 4. The van der Waals surface area contributed by atoms with Crippen LogP contribution in [0.25, 0.3) is 17.2 Å². The fourth-order valence-corrected chi connectivity index (χ4v) is 2.64. The zero-order valence-corrected chi connectivity index (χ0v) is 11.5. The molecule has 0 aliphatic rings. The van der Waals surface area contributed by atoms with Gasteiger partial charge in [-0.1, -0.05) is 18.2 Å². The van der Waals surface area contributed by atoms with Gasteiger partial charge in [0.05, 0.1) is 5.69 Å². The van der Waals surface area contributed by atoms with Crippen molar-refractivity contribution < 1.29 is 8.42 Å². The second-order valence-electron chi connectivity index (χ2n) is 3.89. The fraction of sp³-hybridized carbons (Fsp3) is 0. The highest BCUT2D eigenvalue weighted by Gasteiger charge is 2.24. The van der Waals surface area contributed by atoms with Crippen LogP contribution in [-0.2, 0) is 9.05 Å². The van der Waals surface area contributed by atoms with E-state index in [0.717, 1.165) is 0 Å². The van der Waals surface area contributed by atoms with Crippen molar-refractivity contribution in [3.05, 3.63) is 42.6 Å². The van der Waals surface area contributed by atoms with Crippen molar-refractivity contribution in [1.29, 1.82) is 0 Å². The predicted octanol–water partition coefficient (Wildman–Crippen LogP) is 1.58. The Morgan fingerprint density at radius 2 is 1.85 bits per heavy atom. The van der Waals surface area contributed by atoms with Gasteiger partial charge in [0.15, 0.2) is 5.82 Å². The number of nitrogens with one attached hydrogen (secondary N) is 1. The lowest BCUT2D eigenvalue weighted by molar-refractivity contribution is 0.597. The van der Waals surface area contributed by atoms with Gasteiger partial charge in [0, 0.05) is 16.9 Å². The zero-order chi connectivity index (χ0) is 14.2. The molecule has 3 rings (SSSR count). The summed E-state index contributed by atoms with van der Waals surface area (Å²) in [6, 6.07) is 10.5. The van der Waals surface area contributed by atoms with Gasteiger partial charge in [-0.25, -0.2) is 8.42 Å². The van der Waals surface area contributed by atoms with E-state index in [0.29, 0.717) is 17.2 Å². The lowest BCUT2D eigenvalue weighted by Gasteiger charge is -2.07. The normalized spacial score (nSPS) is 11.7. The van der Waals surface area contributed by atoms with E-state index in [-0.39, 0.29) is 5.16 Å². The zero-order valence-electron chi connectivity index (χ0n) is 9.93. The Hall–Kier alpha value is -2.19. The van der Waals surface area contributed by atoms with E-state index in [1.54, 1.807) is 30.3 Å². The summed E-state index contributed by atoms with van der Waals surface area (Å²) in [5.41, 5.74) is 1.12. The van der Waals surface area contributed by atoms with Crippen LogP contribution in [0.1, 0.15) is 0 Å². The van der Waals surface area contributed by atoms with Gasteiger partial charge in [-0.15, -0.1) is 10.2 Å². The van der Waals surface area contributed by atoms with Crippen molar-refractivity contribution in [1.82, 2.24) is 25.0 Å². The Labute approximate surface area is 118 Å². The molecule has 0 spiro atoms. The fourth-order valence-electron chi connectivity index (χ4n) is 1.79. The lowest BCUT2D eigenvalue weighted by atomic mass is 10.3. The van der Waals surface area contributed by atoms with Crippen LogP contribution >= 0.6 is 10.7 Å². The first-order valence-corrected chi connectivity index (χ1v) is 7.83. The molecule has 0 saturated heterocycles. The second kappa shape index (κ2) is 4.73. The number of para-hydroxylation sites is 1. The Bertz CT molecular complexity index is 827. The second-order valence-corrected chi connectivity index (χ2v) is 6.34. The molecule has 0 atom stereocenters. The molecule has 1 aromatic carbocycles. The van der Waals surface area contributed by atoms with Crippen LogP contribution in [0.5, 0.6) is 0 Å². The molecule has 0 saturated carbocycles. The largest absolute Gasteiger partial charge is 0.297 e. The summed E-state index contributed by atoms with van der Waals surface area (Å²) in [5, 5.41) is 13.7. The van der Waals surface area contributed by atoms with Gasteiger partial charge in [0.25, 0.3) is 14.2 Å². The van der Waals surface area contributed by atoms with Crippen LogP contribution in [0.15, 0.2) is 47.8 Å². The van der Waals surface area contributed by atoms with Crippen molar-refractivity contribution in [2.45, 2.75) is 5.16 Å². The Kier molecular flexibility index (Phi) is 3.03. The molecule has 20 heavy (non-hydrogen) atoms. The molecule has 9 heteroatoms. The summed E-state index contributed by atoms with van der Waals surface area (Å²) in [6.07, 6.45) is 1.54. The highest BCUT2D eigenvalue weighted by molar-refractivity contribution is 8.13. The third kappa shape index (κ3) is 2.19. The van der Waals surface area contributed by atoms with E-state index in [1.165, 1.54) is 10.8 Å². The molecule has 102 valence electrons. The van der Waals surface area contributed by atoms with Gasteiger partial charge in [0.2, 0.25) is 0 Å². The summed E-state index contributed by atoms with van der Waals surface area (Å²) in [5.74, 6) is 0.313. The van der Waals surface area contributed by atoms with Crippen LogP contribution in [-0.4, -0.2) is 33.4 Å². The van der Waals surface area contributed by atoms with Crippen molar-refractivity contribution in [3.8, 4) is 17.2 Å². The molecule has 0 aliphatic carbocycles. The van der Waals surface area contributed by atoms with E-state index in [4.69, 9.17) is 10.7 Å². The molecule has 2 heterocycles. The van der Waals surface area contributed by atoms with Crippen molar-refractivity contribution >= 4 is 19.7 Å². The molecule has 0 radical (unpaired) electrons. The van der Waals surface area contributed by atoms with Gasteiger partial charge in [0.1, 0.15) is 5.69 Å². The van der Waals surface area contributed by atoms with Gasteiger partial charge in [-0.05, 0) is 18.2 Å². The number of halogens is 1. The molecule has 0 amide bonds. The van der Waals surface area contributed by atoms with Gasteiger partial charge >= 0.3 is 0 Å².